The first kappa shape index (κ1) is 17.5. The van der Waals surface area contributed by atoms with E-state index in [1.54, 1.807) is 6.92 Å². The summed E-state index contributed by atoms with van der Waals surface area (Å²) in [4.78, 5) is 23.0. The molecule has 0 spiro atoms. The molecular weight excluding hydrogens is 410 g/mol. The summed E-state index contributed by atoms with van der Waals surface area (Å²) < 4.78 is 6.54. The van der Waals surface area contributed by atoms with Crippen molar-refractivity contribution in [3.63, 3.8) is 0 Å². The van der Waals surface area contributed by atoms with E-state index in [9.17, 15) is 9.59 Å². The minimum Gasteiger partial charge on any atom is -0.465 e. The summed E-state index contributed by atoms with van der Waals surface area (Å²) in [6.07, 6.45) is 0. The molecule has 0 saturated carbocycles. The van der Waals surface area contributed by atoms with Crippen LogP contribution in [0.15, 0.2) is 21.1 Å². The molecule has 4 nitrogen and oxygen atoms in total. The number of hydrogen-bond donors (Lipinski definition) is 1. The molecule has 7 heteroatoms. The van der Waals surface area contributed by atoms with Gasteiger partial charge in [0.15, 0.2) is 0 Å². The van der Waals surface area contributed by atoms with E-state index in [1.165, 1.54) is 11.8 Å². The smallest absolute Gasteiger partial charge is 0.315 e. The molecule has 0 bridgehead atoms. The van der Waals surface area contributed by atoms with Crippen LogP contribution in [-0.4, -0.2) is 30.0 Å². The fourth-order valence-electron chi connectivity index (χ4n) is 1.47. The number of esters is 1. The zero-order valence-electron chi connectivity index (χ0n) is 11.2. The Kier molecular flexibility index (Phi) is 7.61. The highest BCUT2D eigenvalue weighted by Crippen LogP contribution is 2.30. The Morgan fingerprint density at radius 2 is 2.00 bits per heavy atom. The van der Waals surface area contributed by atoms with Gasteiger partial charge in [0.05, 0.1) is 23.8 Å². The van der Waals surface area contributed by atoms with Gasteiger partial charge in [0, 0.05) is 8.95 Å². The van der Waals surface area contributed by atoms with Crippen LogP contribution in [0.1, 0.15) is 12.5 Å². The minimum atomic E-state index is -0.300. The van der Waals surface area contributed by atoms with E-state index in [2.05, 4.69) is 37.2 Å². The number of carbonyl (C=O) groups is 2. The van der Waals surface area contributed by atoms with Crippen LogP contribution in [0.5, 0.6) is 0 Å². The van der Waals surface area contributed by atoms with Crippen molar-refractivity contribution >= 4 is 61.2 Å². The molecule has 0 unspecified atom stereocenters. The molecule has 0 fully saturated rings. The minimum absolute atomic E-state index is 0.148. The summed E-state index contributed by atoms with van der Waals surface area (Å²) in [6, 6.07) is 3.79. The van der Waals surface area contributed by atoms with E-state index >= 15 is 0 Å². The number of benzene rings is 1. The van der Waals surface area contributed by atoms with E-state index in [1.807, 2.05) is 19.1 Å². The number of amides is 1. The summed E-state index contributed by atoms with van der Waals surface area (Å²) >= 11 is 8.03. The first-order valence-corrected chi connectivity index (χ1v) is 8.67. The molecule has 0 heterocycles. The van der Waals surface area contributed by atoms with Gasteiger partial charge >= 0.3 is 5.97 Å². The molecule has 110 valence electrons. The highest BCUT2D eigenvalue weighted by Gasteiger charge is 2.10. The summed E-state index contributed by atoms with van der Waals surface area (Å²) in [5, 5.41) is 2.83. The number of nitrogens with one attached hydrogen (secondary N) is 1. The summed E-state index contributed by atoms with van der Waals surface area (Å²) in [7, 11) is 0. The number of thioether (sulfide) groups is 1. The van der Waals surface area contributed by atoms with Crippen LogP contribution in [0, 0.1) is 6.92 Å². The van der Waals surface area contributed by atoms with Crippen molar-refractivity contribution in [3.05, 3.63) is 26.6 Å². The van der Waals surface area contributed by atoms with Gasteiger partial charge in [-0.05, 0) is 47.5 Å². The number of ether oxygens (including phenoxy) is 1. The van der Waals surface area contributed by atoms with Gasteiger partial charge in [-0.1, -0.05) is 15.9 Å². The summed E-state index contributed by atoms with van der Waals surface area (Å²) in [6.45, 7) is 4.02. The first-order valence-electron chi connectivity index (χ1n) is 5.93. The van der Waals surface area contributed by atoms with Crippen LogP contribution in [0.2, 0.25) is 0 Å². The lowest BCUT2D eigenvalue weighted by atomic mass is 10.2. The fraction of sp³-hybridized carbons (Fsp3) is 0.385. The third-order valence-corrected chi connectivity index (χ3v) is 4.26. The molecule has 0 aliphatic carbocycles. The molecule has 1 amide bonds. The van der Waals surface area contributed by atoms with Crippen LogP contribution in [0.25, 0.3) is 0 Å². The maximum Gasteiger partial charge on any atom is 0.315 e. The summed E-state index contributed by atoms with van der Waals surface area (Å²) in [5.41, 5.74) is 1.70. The Balaban J connectivity index is 2.49. The zero-order chi connectivity index (χ0) is 15.1. The standard InChI is InChI=1S/C13H15Br2NO3S/c1-3-19-12(18)7-20-6-11(17)16-13-8(2)4-9(14)5-10(13)15/h4-5H,3,6-7H2,1-2H3,(H,16,17). The lowest BCUT2D eigenvalue weighted by Gasteiger charge is -2.11. The predicted octanol–water partition coefficient (Wildman–Crippen LogP) is 3.75. The topological polar surface area (TPSA) is 55.4 Å². The van der Waals surface area contributed by atoms with E-state index in [0.717, 1.165) is 20.2 Å². The fourth-order valence-corrected chi connectivity index (χ4v) is 3.61. The van der Waals surface area contributed by atoms with Crippen molar-refractivity contribution in [1.82, 2.24) is 0 Å². The average molecular weight is 425 g/mol. The molecule has 0 saturated heterocycles. The molecule has 1 aromatic carbocycles. The van der Waals surface area contributed by atoms with Gasteiger partial charge in [-0.25, -0.2) is 0 Å². The molecule has 1 N–H and O–H groups in total. The second-order valence-corrected chi connectivity index (χ2v) is 6.68. The second-order valence-electron chi connectivity index (χ2n) is 3.93. The van der Waals surface area contributed by atoms with Crippen LogP contribution >= 0.6 is 43.6 Å². The molecule has 0 aliphatic heterocycles. The van der Waals surface area contributed by atoms with Crippen molar-refractivity contribution in [2.24, 2.45) is 0 Å². The van der Waals surface area contributed by atoms with Gasteiger partial charge < -0.3 is 10.1 Å². The first-order chi connectivity index (χ1) is 9.43. The monoisotopic (exact) mass is 423 g/mol. The van der Waals surface area contributed by atoms with Gasteiger partial charge in [-0.2, -0.15) is 0 Å². The van der Waals surface area contributed by atoms with E-state index in [-0.39, 0.29) is 23.4 Å². The predicted molar refractivity (Wildman–Crippen MR) is 89.2 cm³/mol. The average Bonchev–Trinajstić information content (AvgIpc) is 2.34. The molecule has 1 rings (SSSR count). The normalized spacial score (nSPS) is 10.2. The van der Waals surface area contributed by atoms with Crippen molar-refractivity contribution in [2.75, 3.05) is 23.4 Å². The largest absolute Gasteiger partial charge is 0.465 e. The number of carbonyl (C=O) groups excluding carboxylic acids is 2. The van der Waals surface area contributed by atoms with Crippen LogP contribution in [0.3, 0.4) is 0 Å². The lowest BCUT2D eigenvalue weighted by molar-refractivity contribution is -0.139. The van der Waals surface area contributed by atoms with E-state index in [4.69, 9.17) is 4.74 Å². The molecule has 0 aromatic heterocycles. The Bertz CT molecular complexity index is 485. The number of hydrogen-bond acceptors (Lipinski definition) is 4. The zero-order valence-corrected chi connectivity index (χ0v) is 15.2. The Hall–Kier alpha value is -0.530. The molecular formula is C13H15Br2NO3S. The van der Waals surface area contributed by atoms with Crippen molar-refractivity contribution < 1.29 is 14.3 Å². The Morgan fingerprint density at radius 3 is 2.60 bits per heavy atom. The van der Waals surface area contributed by atoms with E-state index < -0.39 is 0 Å². The van der Waals surface area contributed by atoms with Gasteiger partial charge in [-0.15, -0.1) is 11.8 Å². The van der Waals surface area contributed by atoms with Crippen LogP contribution in [0.4, 0.5) is 5.69 Å². The number of halogens is 2. The third-order valence-electron chi connectivity index (χ3n) is 2.27. The molecule has 20 heavy (non-hydrogen) atoms. The maximum absolute atomic E-state index is 11.8. The molecule has 1 aromatic rings. The molecule has 0 atom stereocenters. The quantitative estimate of drug-likeness (QED) is 0.706. The third kappa shape index (κ3) is 5.85. The lowest BCUT2D eigenvalue weighted by Crippen LogP contribution is -2.17. The van der Waals surface area contributed by atoms with Crippen LogP contribution in [-0.2, 0) is 14.3 Å². The maximum atomic E-state index is 11.8. The van der Waals surface area contributed by atoms with Crippen molar-refractivity contribution in [1.29, 1.82) is 0 Å². The van der Waals surface area contributed by atoms with Crippen LogP contribution < -0.4 is 5.32 Å². The molecule has 0 aliphatic rings. The number of rotatable bonds is 6. The molecule has 0 radical (unpaired) electrons. The summed E-state index contributed by atoms with van der Waals surface area (Å²) in [5.74, 6) is -0.0561. The highest BCUT2D eigenvalue weighted by atomic mass is 79.9. The Morgan fingerprint density at radius 1 is 1.30 bits per heavy atom. The van der Waals surface area contributed by atoms with Gasteiger partial charge in [0.1, 0.15) is 0 Å². The highest BCUT2D eigenvalue weighted by molar-refractivity contribution is 9.11. The van der Waals surface area contributed by atoms with Gasteiger partial charge in [0.25, 0.3) is 0 Å². The van der Waals surface area contributed by atoms with Crippen molar-refractivity contribution in [3.8, 4) is 0 Å². The van der Waals surface area contributed by atoms with Crippen molar-refractivity contribution in [2.45, 2.75) is 13.8 Å². The van der Waals surface area contributed by atoms with Gasteiger partial charge in [-0.3, -0.25) is 9.59 Å². The Labute approximate surface area is 139 Å². The van der Waals surface area contributed by atoms with E-state index in [0.29, 0.717) is 6.61 Å². The number of anilines is 1. The SMILES string of the molecule is CCOC(=O)CSCC(=O)Nc1c(C)cc(Br)cc1Br. The number of aryl methyl sites for hydroxylation is 1. The van der Waals surface area contributed by atoms with Gasteiger partial charge in [0.2, 0.25) is 5.91 Å². The second kappa shape index (κ2) is 8.69.